The van der Waals surface area contributed by atoms with Crippen molar-refractivity contribution in [2.24, 2.45) is 0 Å². The van der Waals surface area contributed by atoms with E-state index in [0.29, 0.717) is 5.82 Å². The van der Waals surface area contributed by atoms with E-state index in [0.717, 1.165) is 17.1 Å². The molecule has 0 aliphatic heterocycles. The Balaban J connectivity index is 2.21. The molecule has 0 amide bonds. The fourth-order valence-corrected chi connectivity index (χ4v) is 2.11. The average molecular weight is 274 g/mol. The highest BCUT2D eigenvalue weighted by molar-refractivity contribution is 5.80. The maximum atomic E-state index is 13.8. The maximum absolute atomic E-state index is 13.8. The number of nitrogens with zero attached hydrogens (tertiary/aromatic N) is 1. The van der Waals surface area contributed by atoms with Crippen LogP contribution in [0.15, 0.2) is 36.4 Å². The number of aromatic nitrogens is 2. The SMILES string of the molecule is CCOc1c(F)cc(F)cc1-c1nc2ccccc2[nH]1. The standard InChI is InChI=1S/C15H12F2N2O/c1-2-20-14-10(7-9(16)8-11(14)17)15-18-12-5-3-4-6-13(12)19-15/h3-8H,2H2,1H3,(H,18,19). The zero-order valence-electron chi connectivity index (χ0n) is 10.8. The Labute approximate surface area is 114 Å². The van der Waals surface area contributed by atoms with Gasteiger partial charge in [0.2, 0.25) is 0 Å². The van der Waals surface area contributed by atoms with Crippen molar-refractivity contribution in [3.8, 4) is 17.1 Å². The van der Waals surface area contributed by atoms with Crippen LogP contribution in [0.4, 0.5) is 8.78 Å². The number of rotatable bonds is 3. The topological polar surface area (TPSA) is 37.9 Å². The van der Waals surface area contributed by atoms with Crippen molar-refractivity contribution >= 4 is 11.0 Å². The molecule has 1 heterocycles. The molecule has 3 nitrogen and oxygen atoms in total. The number of hydrogen-bond donors (Lipinski definition) is 1. The minimum Gasteiger partial charge on any atom is -0.490 e. The van der Waals surface area contributed by atoms with Gasteiger partial charge in [-0.15, -0.1) is 0 Å². The average Bonchev–Trinajstić information content (AvgIpc) is 2.85. The molecule has 102 valence electrons. The minimum absolute atomic E-state index is 0.00737. The van der Waals surface area contributed by atoms with Crippen molar-refractivity contribution in [3.05, 3.63) is 48.0 Å². The Hall–Kier alpha value is -2.43. The molecule has 0 unspecified atom stereocenters. The molecule has 0 saturated carbocycles. The molecule has 5 heteroatoms. The van der Waals surface area contributed by atoms with Crippen molar-refractivity contribution in [2.45, 2.75) is 6.92 Å². The highest BCUT2D eigenvalue weighted by atomic mass is 19.1. The second-order valence-electron chi connectivity index (χ2n) is 4.30. The van der Waals surface area contributed by atoms with E-state index in [9.17, 15) is 8.78 Å². The van der Waals surface area contributed by atoms with E-state index >= 15 is 0 Å². The zero-order chi connectivity index (χ0) is 14.1. The predicted molar refractivity (Wildman–Crippen MR) is 72.6 cm³/mol. The lowest BCUT2D eigenvalue weighted by Gasteiger charge is -2.09. The van der Waals surface area contributed by atoms with Crippen molar-refractivity contribution in [2.75, 3.05) is 6.61 Å². The molecular weight excluding hydrogens is 262 g/mol. The van der Waals surface area contributed by atoms with E-state index in [-0.39, 0.29) is 17.9 Å². The van der Waals surface area contributed by atoms with Crippen LogP contribution in [0.2, 0.25) is 0 Å². The van der Waals surface area contributed by atoms with Crippen molar-refractivity contribution < 1.29 is 13.5 Å². The molecule has 20 heavy (non-hydrogen) atoms. The van der Waals surface area contributed by atoms with E-state index in [2.05, 4.69) is 9.97 Å². The molecule has 2 aromatic carbocycles. The summed E-state index contributed by atoms with van der Waals surface area (Å²) in [6.07, 6.45) is 0. The number of imidazole rings is 1. The molecule has 0 spiro atoms. The van der Waals surface area contributed by atoms with Crippen molar-refractivity contribution in [1.29, 1.82) is 0 Å². The Kier molecular flexibility index (Phi) is 3.10. The Bertz CT molecular complexity index is 735. The summed E-state index contributed by atoms with van der Waals surface area (Å²) in [7, 11) is 0. The third-order valence-electron chi connectivity index (χ3n) is 2.94. The van der Waals surface area contributed by atoms with Gasteiger partial charge in [0.1, 0.15) is 11.6 Å². The van der Waals surface area contributed by atoms with Crippen LogP contribution in [0.5, 0.6) is 5.75 Å². The minimum atomic E-state index is -0.734. The van der Waals surface area contributed by atoms with Crippen LogP contribution in [0.1, 0.15) is 6.92 Å². The number of aromatic amines is 1. The van der Waals surface area contributed by atoms with Gasteiger partial charge in [-0.05, 0) is 25.1 Å². The molecule has 0 aliphatic rings. The number of fused-ring (bicyclic) bond motifs is 1. The molecule has 3 aromatic rings. The molecule has 0 aliphatic carbocycles. The summed E-state index contributed by atoms with van der Waals surface area (Å²) in [5.74, 6) is -1.01. The van der Waals surface area contributed by atoms with Gasteiger partial charge in [-0.1, -0.05) is 12.1 Å². The summed E-state index contributed by atoms with van der Waals surface area (Å²) in [5, 5.41) is 0. The lowest BCUT2D eigenvalue weighted by atomic mass is 10.1. The second-order valence-corrected chi connectivity index (χ2v) is 4.30. The van der Waals surface area contributed by atoms with Gasteiger partial charge in [-0.25, -0.2) is 13.8 Å². The molecule has 1 N–H and O–H groups in total. The number of ether oxygens (including phenoxy) is 1. The molecule has 0 saturated heterocycles. The van der Waals surface area contributed by atoms with Gasteiger partial charge in [0, 0.05) is 6.07 Å². The highest BCUT2D eigenvalue weighted by Gasteiger charge is 2.17. The smallest absolute Gasteiger partial charge is 0.168 e. The third-order valence-corrected chi connectivity index (χ3v) is 2.94. The summed E-state index contributed by atoms with van der Waals surface area (Å²) in [5.41, 5.74) is 1.81. The predicted octanol–water partition coefficient (Wildman–Crippen LogP) is 3.91. The summed E-state index contributed by atoms with van der Waals surface area (Å²) >= 11 is 0. The molecule has 0 atom stereocenters. The lowest BCUT2D eigenvalue weighted by Crippen LogP contribution is -1.99. The van der Waals surface area contributed by atoms with Crippen LogP contribution in [0.25, 0.3) is 22.4 Å². The first kappa shape index (κ1) is 12.6. The Morgan fingerprint density at radius 3 is 2.75 bits per heavy atom. The number of benzene rings is 2. The van der Waals surface area contributed by atoms with Crippen LogP contribution < -0.4 is 4.74 Å². The van der Waals surface area contributed by atoms with Crippen LogP contribution in [-0.2, 0) is 0 Å². The largest absolute Gasteiger partial charge is 0.490 e. The first-order valence-corrected chi connectivity index (χ1v) is 6.26. The van der Waals surface area contributed by atoms with Gasteiger partial charge in [0.15, 0.2) is 11.6 Å². The molecular formula is C15H12F2N2O. The molecule has 0 radical (unpaired) electrons. The van der Waals surface area contributed by atoms with Gasteiger partial charge < -0.3 is 9.72 Å². The zero-order valence-corrected chi connectivity index (χ0v) is 10.8. The number of hydrogen-bond acceptors (Lipinski definition) is 2. The summed E-state index contributed by atoms with van der Waals surface area (Å²) in [6, 6.07) is 9.40. The van der Waals surface area contributed by atoms with Gasteiger partial charge in [0.25, 0.3) is 0 Å². The Morgan fingerprint density at radius 2 is 2.00 bits per heavy atom. The van der Waals surface area contributed by atoms with Crippen LogP contribution >= 0.6 is 0 Å². The highest BCUT2D eigenvalue weighted by Crippen LogP contribution is 2.33. The van der Waals surface area contributed by atoms with Gasteiger partial charge >= 0.3 is 0 Å². The summed E-state index contributed by atoms with van der Waals surface area (Å²) in [6.45, 7) is 2.03. The third kappa shape index (κ3) is 2.11. The monoisotopic (exact) mass is 274 g/mol. The van der Waals surface area contributed by atoms with Gasteiger partial charge in [0.05, 0.1) is 23.2 Å². The summed E-state index contributed by atoms with van der Waals surface area (Å²) in [4.78, 5) is 7.38. The molecule has 0 fully saturated rings. The number of para-hydroxylation sites is 2. The normalized spacial score (nSPS) is 10.9. The molecule has 0 bridgehead atoms. The first-order chi connectivity index (χ1) is 9.69. The number of nitrogens with one attached hydrogen (secondary N) is 1. The first-order valence-electron chi connectivity index (χ1n) is 6.26. The molecule has 1 aromatic heterocycles. The summed E-state index contributed by atoms with van der Waals surface area (Å²) < 4.78 is 32.6. The van der Waals surface area contributed by atoms with Crippen LogP contribution in [0.3, 0.4) is 0 Å². The molecule has 3 rings (SSSR count). The second kappa shape index (κ2) is 4.92. The van der Waals surface area contributed by atoms with E-state index in [1.54, 1.807) is 6.92 Å². The van der Waals surface area contributed by atoms with Crippen LogP contribution in [0, 0.1) is 11.6 Å². The van der Waals surface area contributed by atoms with Gasteiger partial charge in [-0.2, -0.15) is 0 Å². The van der Waals surface area contributed by atoms with E-state index in [1.807, 2.05) is 24.3 Å². The van der Waals surface area contributed by atoms with Crippen LogP contribution in [-0.4, -0.2) is 16.6 Å². The van der Waals surface area contributed by atoms with E-state index in [4.69, 9.17) is 4.74 Å². The fraction of sp³-hybridized carbons (Fsp3) is 0.133. The van der Waals surface area contributed by atoms with E-state index in [1.165, 1.54) is 6.07 Å². The Morgan fingerprint density at radius 1 is 1.20 bits per heavy atom. The number of halogens is 2. The van der Waals surface area contributed by atoms with Gasteiger partial charge in [-0.3, -0.25) is 0 Å². The maximum Gasteiger partial charge on any atom is 0.168 e. The quantitative estimate of drug-likeness (QED) is 0.786. The van der Waals surface area contributed by atoms with Crippen molar-refractivity contribution in [3.63, 3.8) is 0 Å². The van der Waals surface area contributed by atoms with E-state index < -0.39 is 11.6 Å². The lowest BCUT2D eigenvalue weighted by molar-refractivity contribution is 0.321. The van der Waals surface area contributed by atoms with Crippen molar-refractivity contribution in [1.82, 2.24) is 9.97 Å². The fourth-order valence-electron chi connectivity index (χ4n) is 2.11. The number of H-pyrrole nitrogens is 1.